The average molecular weight is 435 g/mol. The summed E-state index contributed by atoms with van der Waals surface area (Å²) in [6.07, 6.45) is -2.35. The topological polar surface area (TPSA) is 48.0 Å². The Balaban J connectivity index is 1.84. The number of rotatable bonds is 6. The van der Waals surface area contributed by atoms with Crippen LogP contribution >= 0.6 is 0 Å². The molecule has 31 heavy (non-hydrogen) atoms. The van der Waals surface area contributed by atoms with Crippen LogP contribution in [0.3, 0.4) is 0 Å². The molecule has 2 N–H and O–H groups in total. The van der Waals surface area contributed by atoms with Gasteiger partial charge in [-0.15, -0.1) is 0 Å². The average Bonchev–Trinajstić information content (AvgIpc) is 2.76. The molecule has 0 amide bonds. The van der Waals surface area contributed by atoms with E-state index >= 15 is 0 Å². The fourth-order valence-electron chi connectivity index (χ4n) is 4.57. The number of anilines is 2. The summed E-state index contributed by atoms with van der Waals surface area (Å²) >= 11 is 0. The number of hydrogen-bond acceptors (Lipinski definition) is 5. The van der Waals surface area contributed by atoms with Crippen LogP contribution in [0.15, 0.2) is 42.5 Å². The molecule has 0 aliphatic carbocycles. The second-order valence-corrected chi connectivity index (χ2v) is 8.00. The van der Waals surface area contributed by atoms with Crippen LogP contribution in [0.5, 0.6) is 11.5 Å². The molecule has 0 aromatic heterocycles. The molecular formula is C23H28F3N3O2. The number of piperazine rings is 1. The number of nitrogens with zero attached hydrogens (tertiary/aromatic N) is 2. The highest BCUT2D eigenvalue weighted by Crippen LogP contribution is 2.50. The van der Waals surface area contributed by atoms with Crippen LogP contribution in [0.1, 0.15) is 31.7 Å². The van der Waals surface area contributed by atoms with Crippen molar-refractivity contribution < 1.29 is 23.0 Å². The highest BCUT2D eigenvalue weighted by Gasteiger charge is 2.39. The van der Waals surface area contributed by atoms with E-state index < -0.39 is 11.7 Å². The number of hydrogen-bond donors (Lipinski definition) is 2. The summed E-state index contributed by atoms with van der Waals surface area (Å²) in [5.41, 5.74) is 0.490. The first-order chi connectivity index (χ1) is 14.9. The van der Waals surface area contributed by atoms with Crippen molar-refractivity contribution in [2.45, 2.75) is 44.6 Å². The Labute approximate surface area is 180 Å². The Morgan fingerprint density at radius 3 is 2.68 bits per heavy atom. The molecule has 2 heterocycles. The first-order valence-corrected chi connectivity index (χ1v) is 10.8. The Morgan fingerprint density at radius 1 is 1.16 bits per heavy atom. The number of halogens is 3. The molecule has 2 aliphatic heterocycles. The molecule has 2 unspecified atom stereocenters. The van der Waals surface area contributed by atoms with Gasteiger partial charge in [0.1, 0.15) is 0 Å². The standard InChI is InChI=1S/C23H28F3N3O2/c1-2-5-22(28-12-11-27-15-17(28)10-13-30)29-18-6-3-4-7-20(18)31-21-9-8-16(14-19(21)29)23(24,25)26/h3-4,6-9,14,17,22,27,30H,2,5,10-13,15H2,1H3. The summed E-state index contributed by atoms with van der Waals surface area (Å²) in [6.45, 7) is 4.43. The van der Waals surface area contributed by atoms with E-state index in [1.807, 2.05) is 29.2 Å². The molecule has 2 aliphatic rings. The van der Waals surface area contributed by atoms with E-state index in [2.05, 4.69) is 17.1 Å². The number of aliphatic hydroxyl groups excluding tert-OH is 1. The van der Waals surface area contributed by atoms with Gasteiger partial charge in [0.25, 0.3) is 0 Å². The summed E-state index contributed by atoms with van der Waals surface area (Å²) in [5.74, 6) is 1.05. The third-order valence-electron chi connectivity index (χ3n) is 5.98. The highest BCUT2D eigenvalue weighted by atomic mass is 19.4. The number of nitrogens with one attached hydrogen (secondary N) is 1. The molecular weight excluding hydrogens is 407 g/mol. The van der Waals surface area contributed by atoms with Crippen molar-refractivity contribution >= 4 is 11.4 Å². The molecule has 2 aromatic rings. The smallest absolute Gasteiger partial charge is 0.416 e. The van der Waals surface area contributed by atoms with Crippen molar-refractivity contribution in [2.75, 3.05) is 31.1 Å². The minimum atomic E-state index is -4.44. The maximum absolute atomic E-state index is 13.5. The molecule has 4 rings (SSSR count). The fraction of sp³-hybridized carbons (Fsp3) is 0.478. The first-order valence-electron chi connectivity index (χ1n) is 10.8. The van der Waals surface area contributed by atoms with Crippen LogP contribution in [-0.4, -0.2) is 48.5 Å². The van der Waals surface area contributed by atoms with Gasteiger partial charge >= 0.3 is 6.18 Å². The third-order valence-corrected chi connectivity index (χ3v) is 5.98. The summed E-state index contributed by atoms with van der Waals surface area (Å²) in [5, 5.41) is 13.0. The van der Waals surface area contributed by atoms with Gasteiger partial charge in [0.15, 0.2) is 11.5 Å². The lowest BCUT2D eigenvalue weighted by Crippen LogP contribution is -2.59. The number of ether oxygens (including phenoxy) is 1. The van der Waals surface area contributed by atoms with Gasteiger partial charge in [-0.3, -0.25) is 4.90 Å². The predicted molar refractivity (Wildman–Crippen MR) is 114 cm³/mol. The van der Waals surface area contributed by atoms with Crippen molar-refractivity contribution in [3.8, 4) is 11.5 Å². The number of aliphatic hydroxyl groups is 1. The molecule has 2 aromatic carbocycles. The van der Waals surface area contributed by atoms with E-state index in [4.69, 9.17) is 4.74 Å². The minimum Gasteiger partial charge on any atom is -0.453 e. The van der Waals surface area contributed by atoms with Crippen molar-refractivity contribution in [2.24, 2.45) is 0 Å². The van der Waals surface area contributed by atoms with Gasteiger partial charge in [-0.1, -0.05) is 25.5 Å². The van der Waals surface area contributed by atoms with Gasteiger partial charge in [-0.25, -0.2) is 0 Å². The Morgan fingerprint density at radius 2 is 1.94 bits per heavy atom. The minimum absolute atomic E-state index is 0.0657. The maximum atomic E-state index is 13.5. The van der Waals surface area contributed by atoms with Crippen LogP contribution in [0.2, 0.25) is 0 Å². The number of alkyl halides is 3. The zero-order chi connectivity index (χ0) is 22.0. The zero-order valence-electron chi connectivity index (χ0n) is 17.5. The summed E-state index contributed by atoms with van der Waals surface area (Å²) in [4.78, 5) is 4.32. The van der Waals surface area contributed by atoms with Gasteiger partial charge in [0.05, 0.1) is 23.1 Å². The zero-order valence-corrected chi connectivity index (χ0v) is 17.5. The lowest BCUT2D eigenvalue weighted by Gasteiger charge is -2.48. The van der Waals surface area contributed by atoms with Crippen molar-refractivity contribution in [3.05, 3.63) is 48.0 Å². The molecule has 1 fully saturated rings. The molecule has 8 heteroatoms. The SMILES string of the molecule is CCCC(N1c2ccccc2Oc2ccc(C(F)(F)F)cc21)N1CCNCC1CCO. The lowest BCUT2D eigenvalue weighted by atomic mass is 10.0. The van der Waals surface area contributed by atoms with Gasteiger partial charge in [-0.2, -0.15) is 13.2 Å². The van der Waals surface area contributed by atoms with E-state index in [0.717, 1.165) is 44.2 Å². The van der Waals surface area contributed by atoms with Crippen LogP contribution in [0, 0.1) is 0 Å². The monoisotopic (exact) mass is 435 g/mol. The Hall–Kier alpha value is -2.29. The van der Waals surface area contributed by atoms with Crippen LogP contribution in [-0.2, 0) is 6.18 Å². The molecule has 0 bridgehead atoms. The van der Waals surface area contributed by atoms with Gasteiger partial charge in [0, 0.05) is 32.3 Å². The Kier molecular flexibility index (Phi) is 6.41. The number of benzene rings is 2. The quantitative estimate of drug-likeness (QED) is 0.687. The third kappa shape index (κ3) is 4.37. The van der Waals surface area contributed by atoms with E-state index in [1.165, 1.54) is 12.1 Å². The second-order valence-electron chi connectivity index (χ2n) is 8.00. The van der Waals surface area contributed by atoms with Gasteiger partial charge in [-0.05, 0) is 43.2 Å². The van der Waals surface area contributed by atoms with Gasteiger partial charge < -0.3 is 20.1 Å². The molecule has 2 atom stereocenters. The normalized spacial score (nSPS) is 20.0. The lowest BCUT2D eigenvalue weighted by molar-refractivity contribution is -0.137. The summed E-state index contributed by atoms with van der Waals surface area (Å²) in [6, 6.07) is 11.2. The van der Waals surface area contributed by atoms with Crippen LogP contribution < -0.4 is 15.0 Å². The maximum Gasteiger partial charge on any atom is 0.416 e. The van der Waals surface area contributed by atoms with Crippen molar-refractivity contribution in [3.63, 3.8) is 0 Å². The van der Waals surface area contributed by atoms with E-state index in [9.17, 15) is 18.3 Å². The van der Waals surface area contributed by atoms with E-state index in [-0.39, 0.29) is 18.8 Å². The molecule has 0 spiro atoms. The Bertz CT molecular complexity index is 904. The van der Waals surface area contributed by atoms with Crippen LogP contribution in [0.25, 0.3) is 0 Å². The number of para-hydroxylation sites is 2. The summed E-state index contributed by atoms with van der Waals surface area (Å²) < 4.78 is 46.6. The van der Waals surface area contributed by atoms with Gasteiger partial charge in [0.2, 0.25) is 0 Å². The van der Waals surface area contributed by atoms with E-state index in [1.54, 1.807) is 0 Å². The predicted octanol–water partition coefficient (Wildman–Crippen LogP) is 4.73. The first kappa shape index (κ1) is 21.9. The summed E-state index contributed by atoms with van der Waals surface area (Å²) in [7, 11) is 0. The molecule has 5 nitrogen and oxygen atoms in total. The largest absolute Gasteiger partial charge is 0.453 e. The molecule has 0 saturated carbocycles. The number of fused-ring (bicyclic) bond motifs is 2. The van der Waals surface area contributed by atoms with Crippen molar-refractivity contribution in [1.29, 1.82) is 0 Å². The fourth-order valence-corrected chi connectivity index (χ4v) is 4.57. The highest BCUT2D eigenvalue weighted by molar-refractivity contribution is 5.79. The second kappa shape index (κ2) is 9.06. The van der Waals surface area contributed by atoms with Crippen LogP contribution in [0.4, 0.5) is 24.5 Å². The molecule has 1 saturated heterocycles. The molecule has 168 valence electrons. The molecule has 0 radical (unpaired) electrons. The van der Waals surface area contributed by atoms with Crippen molar-refractivity contribution in [1.82, 2.24) is 10.2 Å². The van der Waals surface area contributed by atoms with E-state index in [0.29, 0.717) is 23.6 Å².